The van der Waals surface area contributed by atoms with Crippen LogP contribution in [0.25, 0.3) is 0 Å². The van der Waals surface area contributed by atoms with Gasteiger partial charge in [0.15, 0.2) is 5.82 Å². The van der Waals surface area contributed by atoms with E-state index in [1.807, 2.05) is 4.68 Å². The van der Waals surface area contributed by atoms with E-state index in [0.29, 0.717) is 11.8 Å². The van der Waals surface area contributed by atoms with Crippen LogP contribution >= 0.6 is 0 Å². The number of ether oxygens (including phenoxy) is 1. The van der Waals surface area contributed by atoms with Gasteiger partial charge in [-0.1, -0.05) is 6.92 Å². The van der Waals surface area contributed by atoms with Crippen LogP contribution in [-0.2, 0) is 19.4 Å². The molecule has 0 unspecified atom stereocenters. The number of fused-ring (bicyclic) bond motifs is 1. The fourth-order valence-electron chi connectivity index (χ4n) is 2.34. The molecule has 1 N–H and O–H groups in total. The molecule has 0 radical (unpaired) electrons. The molecule has 7 nitrogen and oxygen atoms in total. The summed E-state index contributed by atoms with van der Waals surface area (Å²) in [6.07, 6.45) is 4.49. The van der Waals surface area contributed by atoms with Crippen LogP contribution in [0.1, 0.15) is 25.0 Å². The van der Waals surface area contributed by atoms with Crippen LogP contribution < -0.4 is 10.1 Å². The Morgan fingerprint density at radius 1 is 1.45 bits per heavy atom. The summed E-state index contributed by atoms with van der Waals surface area (Å²) in [5.74, 6) is 3.14. The highest BCUT2D eigenvalue weighted by Gasteiger charge is 2.21. The molecule has 1 aliphatic heterocycles. The number of hydrogen-bond acceptors (Lipinski definition) is 6. The standard InChI is InChI=1S/C13H18N6O/c1-3-10-16-11-5-4-9(8-19(11)18-10)15-13-14-7-6-12(17-13)20-2/h6-7,9H,3-5,8H2,1-2H3,(H,14,15,17)/t9-/m0/s1. The number of methoxy groups -OCH3 is 1. The molecule has 2 aromatic rings. The number of nitrogens with zero attached hydrogens (tertiary/aromatic N) is 5. The molecule has 1 aliphatic rings. The van der Waals surface area contributed by atoms with Crippen molar-refractivity contribution in [3.8, 4) is 5.88 Å². The van der Waals surface area contributed by atoms with E-state index in [-0.39, 0.29) is 6.04 Å². The van der Waals surface area contributed by atoms with Crippen LogP contribution in [0.2, 0.25) is 0 Å². The highest BCUT2D eigenvalue weighted by molar-refractivity contribution is 5.29. The molecule has 0 aliphatic carbocycles. The smallest absolute Gasteiger partial charge is 0.226 e. The molecule has 7 heteroatoms. The van der Waals surface area contributed by atoms with Crippen LogP contribution in [0.15, 0.2) is 12.3 Å². The van der Waals surface area contributed by atoms with E-state index in [0.717, 1.165) is 37.5 Å². The Balaban J connectivity index is 1.70. The third-order valence-corrected chi connectivity index (χ3v) is 3.39. The molecule has 20 heavy (non-hydrogen) atoms. The largest absolute Gasteiger partial charge is 0.481 e. The molecule has 0 fully saturated rings. The molecule has 0 amide bonds. The van der Waals surface area contributed by atoms with Crippen LogP contribution in [-0.4, -0.2) is 37.9 Å². The molecule has 0 saturated heterocycles. The maximum atomic E-state index is 5.10. The first-order valence-electron chi connectivity index (χ1n) is 6.84. The molecule has 0 saturated carbocycles. The van der Waals surface area contributed by atoms with Crippen molar-refractivity contribution < 1.29 is 4.74 Å². The monoisotopic (exact) mass is 274 g/mol. The van der Waals surface area contributed by atoms with Crippen LogP contribution in [0.3, 0.4) is 0 Å². The van der Waals surface area contributed by atoms with E-state index >= 15 is 0 Å². The summed E-state index contributed by atoms with van der Waals surface area (Å²) in [5.41, 5.74) is 0. The van der Waals surface area contributed by atoms with E-state index in [1.54, 1.807) is 19.4 Å². The molecule has 106 valence electrons. The minimum absolute atomic E-state index is 0.265. The van der Waals surface area contributed by atoms with Crippen LogP contribution in [0.5, 0.6) is 5.88 Å². The Labute approximate surface area is 117 Å². The van der Waals surface area contributed by atoms with Crippen molar-refractivity contribution in [2.24, 2.45) is 0 Å². The van der Waals surface area contributed by atoms with Gasteiger partial charge in [-0.2, -0.15) is 10.1 Å². The van der Waals surface area contributed by atoms with Gasteiger partial charge >= 0.3 is 0 Å². The molecular weight excluding hydrogens is 256 g/mol. The van der Waals surface area contributed by atoms with E-state index in [4.69, 9.17) is 4.74 Å². The lowest BCUT2D eigenvalue weighted by atomic mass is 10.1. The number of nitrogens with one attached hydrogen (secondary N) is 1. The van der Waals surface area contributed by atoms with Crippen molar-refractivity contribution in [2.45, 2.75) is 38.8 Å². The lowest BCUT2D eigenvalue weighted by Gasteiger charge is -2.23. The first-order valence-corrected chi connectivity index (χ1v) is 6.84. The van der Waals surface area contributed by atoms with E-state index in [2.05, 4.69) is 32.3 Å². The fourth-order valence-corrected chi connectivity index (χ4v) is 2.34. The SMILES string of the molecule is CCc1nc2n(n1)C[C@@H](Nc1nccc(OC)n1)CC2. The summed E-state index contributed by atoms with van der Waals surface area (Å²) in [4.78, 5) is 13.0. The zero-order valence-corrected chi connectivity index (χ0v) is 11.7. The molecule has 0 bridgehead atoms. The minimum atomic E-state index is 0.265. The predicted octanol–water partition coefficient (Wildman–Crippen LogP) is 1.07. The predicted molar refractivity (Wildman–Crippen MR) is 73.7 cm³/mol. The van der Waals surface area contributed by atoms with Gasteiger partial charge in [-0.15, -0.1) is 0 Å². The molecular formula is C13H18N6O. The second kappa shape index (κ2) is 5.44. The maximum absolute atomic E-state index is 5.10. The van der Waals surface area contributed by atoms with Gasteiger partial charge in [-0.05, 0) is 6.42 Å². The summed E-state index contributed by atoms with van der Waals surface area (Å²) in [7, 11) is 1.60. The first-order chi connectivity index (χ1) is 9.78. The third-order valence-electron chi connectivity index (χ3n) is 3.39. The topological polar surface area (TPSA) is 77.8 Å². The Bertz CT molecular complexity index is 596. The van der Waals surface area contributed by atoms with Crippen LogP contribution in [0, 0.1) is 0 Å². The Hall–Kier alpha value is -2.18. The van der Waals surface area contributed by atoms with Gasteiger partial charge in [-0.25, -0.2) is 14.6 Å². The summed E-state index contributed by atoms with van der Waals surface area (Å²) in [5, 5.41) is 7.83. The molecule has 3 heterocycles. The Morgan fingerprint density at radius 3 is 3.15 bits per heavy atom. The van der Waals surface area contributed by atoms with Gasteiger partial charge in [0.05, 0.1) is 13.7 Å². The van der Waals surface area contributed by atoms with Gasteiger partial charge in [0.1, 0.15) is 5.82 Å². The van der Waals surface area contributed by atoms with Crippen molar-refractivity contribution in [1.29, 1.82) is 0 Å². The number of aromatic nitrogens is 5. The van der Waals surface area contributed by atoms with E-state index in [1.165, 1.54) is 0 Å². The molecule has 1 atom stereocenters. The van der Waals surface area contributed by atoms with E-state index < -0.39 is 0 Å². The molecule has 3 rings (SSSR count). The van der Waals surface area contributed by atoms with Gasteiger partial charge < -0.3 is 10.1 Å². The zero-order valence-electron chi connectivity index (χ0n) is 11.7. The van der Waals surface area contributed by atoms with E-state index in [9.17, 15) is 0 Å². The van der Waals surface area contributed by atoms with Crippen molar-refractivity contribution in [1.82, 2.24) is 24.7 Å². The van der Waals surface area contributed by atoms with Gasteiger partial charge in [0, 0.05) is 31.1 Å². The number of hydrogen-bond donors (Lipinski definition) is 1. The third kappa shape index (κ3) is 2.56. The quantitative estimate of drug-likeness (QED) is 0.898. The molecule has 0 aromatic carbocycles. The zero-order chi connectivity index (χ0) is 13.9. The Morgan fingerprint density at radius 2 is 2.35 bits per heavy atom. The lowest BCUT2D eigenvalue weighted by molar-refractivity contribution is 0.396. The highest BCUT2D eigenvalue weighted by Crippen LogP contribution is 2.17. The first kappa shape index (κ1) is 12.8. The molecule has 2 aromatic heterocycles. The van der Waals surface area contributed by atoms with Gasteiger partial charge in [0.25, 0.3) is 0 Å². The summed E-state index contributed by atoms with van der Waals surface area (Å²) >= 11 is 0. The summed E-state index contributed by atoms with van der Waals surface area (Å²) in [6.45, 7) is 2.87. The van der Waals surface area contributed by atoms with Gasteiger partial charge in [0.2, 0.25) is 11.8 Å². The minimum Gasteiger partial charge on any atom is -0.481 e. The number of anilines is 1. The average molecular weight is 274 g/mol. The van der Waals surface area contributed by atoms with Crippen molar-refractivity contribution >= 4 is 5.95 Å². The van der Waals surface area contributed by atoms with Crippen molar-refractivity contribution in [2.75, 3.05) is 12.4 Å². The number of aryl methyl sites for hydroxylation is 2. The summed E-state index contributed by atoms with van der Waals surface area (Å²) in [6, 6.07) is 2.00. The lowest BCUT2D eigenvalue weighted by Crippen LogP contribution is -2.32. The van der Waals surface area contributed by atoms with Crippen molar-refractivity contribution in [3.05, 3.63) is 23.9 Å². The second-order valence-corrected chi connectivity index (χ2v) is 4.78. The Kier molecular flexibility index (Phi) is 3.49. The number of rotatable bonds is 4. The average Bonchev–Trinajstić information content (AvgIpc) is 2.90. The van der Waals surface area contributed by atoms with Crippen LogP contribution in [0.4, 0.5) is 5.95 Å². The summed E-state index contributed by atoms with van der Waals surface area (Å²) < 4.78 is 7.09. The fraction of sp³-hybridized carbons (Fsp3) is 0.538. The highest BCUT2D eigenvalue weighted by atomic mass is 16.5. The molecule has 0 spiro atoms. The van der Waals surface area contributed by atoms with Crippen molar-refractivity contribution in [3.63, 3.8) is 0 Å². The normalized spacial score (nSPS) is 17.6. The van der Waals surface area contributed by atoms with Gasteiger partial charge in [-0.3, -0.25) is 0 Å². The second-order valence-electron chi connectivity index (χ2n) is 4.78. The maximum Gasteiger partial charge on any atom is 0.226 e.